The van der Waals surface area contributed by atoms with E-state index in [9.17, 15) is 18.4 Å². The smallest absolute Gasteiger partial charge is 0.255 e. The van der Waals surface area contributed by atoms with Gasteiger partial charge in [0.05, 0.1) is 5.41 Å². The highest BCUT2D eigenvalue weighted by Crippen LogP contribution is 2.29. The van der Waals surface area contributed by atoms with Gasteiger partial charge in [-0.25, -0.2) is 8.78 Å². The molecule has 0 bridgehead atoms. The summed E-state index contributed by atoms with van der Waals surface area (Å²) in [4.78, 5) is 30.8. The van der Waals surface area contributed by atoms with Crippen LogP contribution < -0.4 is 11.1 Å². The number of nitrogens with zero attached hydrogens (tertiary/aromatic N) is 2. The van der Waals surface area contributed by atoms with Gasteiger partial charge in [-0.05, 0) is 49.7 Å². The summed E-state index contributed by atoms with van der Waals surface area (Å²) < 4.78 is 27.5. The lowest BCUT2D eigenvalue weighted by Gasteiger charge is -2.31. The number of amides is 2. The van der Waals surface area contributed by atoms with Crippen molar-refractivity contribution in [2.45, 2.75) is 25.3 Å². The zero-order chi connectivity index (χ0) is 24.2. The minimum Gasteiger partial charge on any atom is -0.343 e. The SMILES string of the molecule is CN(CC(N)c1ccc(C(=O)Nc2ccncc2)cc1)C(=O)C(C)(C)c1ccc(F)cc1F. The van der Waals surface area contributed by atoms with Crippen LogP contribution in [0.15, 0.2) is 67.0 Å². The molecule has 1 atom stereocenters. The van der Waals surface area contributed by atoms with Crippen LogP contribution in [0.2, 0.25) is 0 Å². The average Bonchev–Trinajstić information content (AvgIpc) is 2.79. The number of anilines is 1. The number of rotatable bonds is 7. The molecule has 1 unspecified atom stereocenters. The monoisotopic (exact) mass is 452 g/mol. The van der Waals surface area contributed by atoms with Crippen molar-refractivity contribution in [3.05, 3.63) is 95.3 Å². The second-order valence-electron chi connectivity index (χ2n) is 8.35. The maximum absolute atomic E-state index is 14.3. The van der Waals surface area contributed by atoms with Crippen LogP contribution in [0.1, 0.15) is 41.4 Å². The van der Waals surface area contributed by atoms with E-state index in [0.29, 0.717) is 11.3 Å². The van der Waals surface area contributed by atoms with Crippen LogP contribution in [0, 0.1) is 11.6 Å². The molecule has 0 saturated carbocycles. The van der Waals surface area contributed by atoms with Gasteiger partial charge in [0, 0.05) is 54.9 Å². The van der Waals surface area contributed by atoms with E-state index in [1.807, 2.05) is 0 Å². The molecule has 2 aromatic carbocycles. The molecule has 0 spiro atoms. The van der Waals surface area contributed by atoms with E-state index in [1.165, 1.54) is 11.0 Å². The van der Waals surface area contributed by atoms with Gasteiger partial charge in [0.15, 0.2) is 0 Å². The van der Waals surface area contributed by atoms with Crippen molar-refractivity contribution < 1.29 is 18.4 Å². The Hall–Kier alpha value is -3.65. The number of benzene rings is 2. The van der Waals surface area contributed by atoms with Gasteiger partial charge in [-0.2, -0.15) is 0 Å². The Bertz CT molecular complexity index is 1130. The summed E-state index contributed by atoms with van der Waals surface area (Å²) in [6.07, 6.45) is 3.17. The van der Waals surface area contributed by atoms with Crippen LogP contribution in [0.3, 0.4) is 0 Å². The highest BCUT2D eigenvalue weighted by atomic mass is 19.1. The van der Waals surface area contributed by atoms with Crippen molar-refractivity contribution in [1.29, 1.82) is 0 Å². The fraction of sp³-hybridized carbons (Fsp3) is 0.240. The minimum absolute atomic E-state index is 0.110. The molecule has 0 aliphatic carbocycles. The zero-order valence-corrected chi connectivity index (χ0v) is 18.7. The van der Waals surface area contributed by atoms with Gasteiger partial charge in [-0.3, -0.25) is 14.6 Å². The number of likely N-dealkylation sites (N-methyl/N-ethyl adjacent to an activating group) is 1. The molecule has 0 aliphatic heterocycles. The van der Waals surface area contributed by atoms with Crippen LogP contribution in [0.25, 0.3) is 0 Å². The van der Waals surface area contributed by atoms with E-state index in [1.54, 1.807) is 69.7 Å². The number of pyridine rings is 1. The molecule has 1 aromatic heterocycles. The Morgan fingerprint density at radius 3 is 2.30 bits per heavy atom. The number of nitrogens with one attached hydrogen (secondary N) is 1. The predicted octanol–water partition coefficient (Wildman–Crippen LogP) is 4.05. The van der Waals surface area contributed by atoms with Gasteiger partial charge in [-0.15, -0.1) is 0 Å². The second kappa shape index (κ2) is 9.87. The summed E-state index contributed by atoms with van der Waals surface area (Å²) in [6, 6.07) is 12.8. The molecule has 0 radical (unpaired) electrons. The van der Waals surface area contributed by atoms with Crippen molar-refractivity contribution >= 4 is 17.5 Å². The Morgan fingerprint density at radius 1 is 1.06 bits per heavy atom. The number of hydrogen-bond acceptors (Lipinski definition) is 4. The van der Waals surface area contributed by atoms with Crippen LogP contribution >= 0.6 is 0 Å². The zero-order valence-electron chi connectivity index (χ0n) is 18.7. The van der Waals surface area contributed by atoms with Crippen LogP contribution in [0.4, 0.5) is 14.5 Å². The summed E-state index contributed by atoms with van der Waals surface area (Å²) >= 11 is 0. The van der Waals surface area contributed by atoms with Crippen molar-refractivity contribution in [1.82, 2.24) is 9.88 Å². The van der Waals surface area contributed by atoms with Crippen molar-refractivity contribution in [2.24, 2.45) is 5.73 Å². The van der Waals surface area contributed by atoms with Gasteiger partial charge in [-0.1, -0.05) is 18.2 Å². The first-order chi connectivity index (χ1) is 15.6. The molecule has 8 heteroatoms. The van der Waals surface area contributed by atoms with E-state index >= 15 is 0 Å². The first-order valence-corrected chi connectivity index (χ1v) is 10.4. The summed E-state index contributed by atoms with van der Waals surface area (Å²) in [6.45, 7) is 3.35. The molecule has 3 rings (SSSR count). The molecule has 0 fully saturated rings. The third kappa shape index (κ3) is 5.59. The molecule has 0 saturated heterocycles. The Kier molecular flexibility index (Phi) is 7.18. The second-order valence-corrected chi connectivity index (χ2v) is 8.35. The van der Waals surface area contributed by atoms with Gasteiger partial charge in [0.25, 0.3) is 5.91 Å². The molecular weight excluding hydrogens is 426 g/mol. The van der Waals surface area contributed by atoms with E-state index in [2.05, 4.69) is 10.3 Å². The third-order valence-electron chi connectivity index (χ3n) is 5.50. The van der Waals surface area contributed by atoms with Gasteiger partial charge >= 0.3 is 0 Å². The number of carbonyl (C=O) groups is 2. The molecule has 3 N–H and O–H groups in total. The lowest BCUT2D eigenvalue weighted by Crippen LogP contribution is -2.44. The molecule has 172 valence electrons. The van der Waals surface area contributed by atoms with Crippen molar-refractivity contribution in [3.63, 3.8) is 0 Å². The van der Waals surface area contributed by atoms with Gasteiger partial charge in [0.1, 0.15) is 11.6 Å². The maximum Gasteiger partial charge on any atom is 0.255 e. The normalized spacial score (nSPS) is 12.2. The van der Waals surface area contributed by atoms with Crippen LogP contribution in [-0.2, 0) is 10.2 Å². The van der Waals surface area contributed by atoms with E-state index < -0.39 is 23.1 Å². The van der Waals surface area contributed by atoms with Crippen LogP contribution in [0.5, 0.6) is 0 Å². The topological polar surface area (TPSA) is 88.3 Å². The Labute approximate surface area is 191 Å². The van der Waals surface area contributed by atoms with E-state index in [0.717, 1.165) is 17.7 Å². The summed E-state index contributed by atoms with van der Waals surface area (Å²) in [5.74, 6) is -2.09. The summed E-state index contributed by atoms with van der Waals surface area (Å²) in [7, 11) is 1.59. The summed E-state index contributed by atoms with van der Waals surface area (Å²) in [5.41, 5.74) is 7.02. The maximum atomic E-state index is 14.3. The van der Waals surface area contributed by atoms with E-state index in [-0.39, 0.29) is 23.9 Å². The van der Waals surface area contributed by atoms with Crippen molar-refractivity contribution in [3.8, 4) is 0 Å². The highest BCUT2D eigenvalue weighted by Gasteiger charge is 2.35. The minimum atomic E-state index is -1.21. The number of carbonyl (C=O) groups excluding carboxylic acids is 2. The lowest BCUT2D eigenvalue weighted by atomic mass is 9.82. The van der Waals surface area contributed by atoms with Gasteiger partial charge < -0.3 is 16.0 Å². The van der Waals surface area contributed by atoms with Gasteiger partial charge in [0.2, 0.25) is 5.91 Å². The molecule has 33 heavy (non-hydrogen) atoms. The predicted molar refractivity (Wildman–Crippen MR) is 123 cm³/mol. The Balaban J connectivity index is 1.65. The van der Waals surface area contributed by atoms with Crippen molar-refractivity contribution in [2.75, 3.05) is 18.9 Å². The number of aromatic nitrogens is 1. The highest BCUT2D eigenvalue weighted by molar-refractivity contribution is 6.04. The third-order valence-corrected chi connectivity index (χ3v) is 5.50. The molecule has 0 aliphatic rings. The average molecular weight is 453 g/mol. The molecule has 2 amide bonds. The quantitative estimate of drug-likeness (QED) is 0.566. The van der Waals surface area contributed by atoms with E-state index in [4.69, 9.17) is 5.73 Å². The molecule has 3 aromatic rings. The summed E-state index contributed by atoms with van der Waals surface area (Å²) in [5, 5.41) is 2.78. The first-order valence-electron chi connectivity index (χ1n) is 10.4. The standard InChI is InChI=1S/C25H26F2N4O2/c1-25(2,20-9-8-18(26)14-21(20)27)24(33)31(3)15-22(28)16-4-6-17(7-5-16)23(32)30-19-10-12-29-13-11-19/h4-14,22H,15,28H2,1-3H3,(H,29,30,32). The molecule has 6 nitrogen and oxygen atoms in total. The fourth-order valence-electron chi connectivity index (χ4n) is 3.59. The fourth-order valence-corrected chi connectivity index (χ4v) is 3.59. The number of halogens is 2. The molecule has 1 heterocycles. The number of hydrogen-bond donors (Lipinski definition) is 2. The number of nitrogens with two attached hydrogens (primary N) is 1. The molecular formula is C25H26F2N4O2. The Morgan fingerprint density at radius 2 is 1.70 bits per heavy atom. The largest absolute Gasteiger partial charge is 0.343 e. The first kappa shape index (κ1) is 24.0. The van der Waals surface area contributed by atoms with Crippen LogP contribution in [-0.4, -0.2) is 35.3 Å². The lowest BCUT2D eigenvalue weighted by molar-refractivity contribution is -0.135.